The van der Waals surface area contributed by atoms with Gasteiger partial charge in [-0.05, 0) is 30.3 Å². The number of nitrogens with two attached hydrogens (primary N) is 1. The number of sulfonamides is 2. The lowest BCUT2D eigenvalue weighted by Crippen LogP contribution is -2.31. The molecule has 22 heavy (non-hydrogen) atoms. The first-order chi connectivity index (χ1) is 10.3. The quantitative estimate of drug-likeness (QED) is 0.782. The van der Waals surface area contributed by atoms with Gasteiger partial charge in [-0.15, -0.1) is 4.13 Å². The van der Waals surface area contributed by atoms with Gasteiger partial charge < -0.3 is 10.5 Å². The Hall–Kier alpha value is -2.10. The van der Waals surface area contributed by atoms with Crippen LogP contribution in [0.25, 0.3) is 0 Å². The molecule has 0 aliphatic rings. The summed E-state index contributed by atoms with van der Waals surface area (Å²) >= 11 is 0. The molecule has 2 aromatic rings. The van der Waals surface area contributed by atoms with Gasteiger partial charge in [0.1, 0.15) is 10.6 Å². The van der Waals surface area contributed by atoms with Gasteiger partial charge in [0, 0.05) is 5.69 Å². The van der Waals surface area contributed by atoms with Crippen LogP contribution in [0, 0.1) is 0 Å². The standard InChI is InChI=1S/C13H14N2O5S2/c1-20-12-8-7-10(14)9-13(12)22(18,19)15-21(16,17)11-5-3-2-4-6-11/h2-9,15H,14H2,1H3. The zero-order valence-electron chi connectivity index (χ0n) is 11.6. The molecule has 0 unspecified atom stereocenters. The second-order valence-corrected chi connectivity index (χ2v) is 7.91. The summed E-state index contributed by atoms with van der Waals surface area (Å²) in [6.45, 7) is 0. The molecule has 118 valence electrons. The first-order valence-corrected chi connectivity index (χ1v) is 9.00. The molecule has 9 heteroatoms. The van der Waals surface area contributed by atoms with Crippen molar-refractivity contribution in [1.82, 2.24) is 4.13 Å². The summed E-state index contributed by atoms with van der Waals surface area (Å²) < 4.78 is 55.6. The Bertz CT molecular complexity index is 878. The molecule has 3 N–H and O–H groups in total. The summed E-state index contributed by atoms with van der Waals surface area (Å²) in [6.07, 6.45) is 0. The highest BCUT2D eigenvalue weighted by atomic mass is 32.3. The van der Waals surface area contributed by atoms with Crippen molar-refractivity contribution in [2.24, 2.45) is 0 Å². The van der Waals surface area contributed by atoms with E-state index in [1.807, 2.05) is 0 Å². The Morgan fingerprint density at radius 1 is 0.955 bits per heavy atom. The number of hydrogen-bond acceptors (Lipinski definition) is 6. The predicted octanol–water partition coefficient (Wildman–Crippen LogP) is 0.945. The van der Waals surface area contributed by atoms with Crippen LogP contribution in [-0.4, -0.2) is 23.9 Å². The lowest BCUT2D eigenvalue weighted by Gasteiger charge is -2.11. The average molecular weight is 342 g/mol. The van der Waals surface area contributed by atoms with E-state index in [4.69, 9.17) is 10.5 Å². The molecular weight excluding hydrogens is 328 g/mol. The van der Waals surface area contributed by atoms with Gasteiger partial charge in [0.15, 0.2) is 0 Å². The van der Waals surface area contributed by atoms with Crippen molar-refractivity contribution >= 4 is 25.7 Å². The van der Waals surface area contributed by atoms with Crippen molar-refractivity contribution < 1.29 is 21.6 Å². The average Bonchev–Trinajstić information content (AvgIpc) is 2.47. The molecule has 0 heterocycles. The maximum absolute atomic E-state index is 12.3. The Morgan fingerprint density at radius 3 is 2.18 bits per heavy atom. The van der Waals surface area contributed by atoms with Gasteiger partial charge in [0.25, 0.3) is 20.0 Å². The second-order valence-electron chi connectivity index (χ2n) is 4.31. The zero-order chi connectivity index (χ0) is 16.4. The second kappa shape index (κ2) is 5.95. The summed E-state index contributed by atoms with van der Waals surface area (Å²) in [5.74, 6) is -0.00929. The molecule has 0 amide bonds. The van der Waals surface area contributed by atoms with Crippen LogP contribution in [0.3, 0.4) is 0 Å². The van der Waals surface area contributed by atoms with E-state index in [0.717, 1.165) is 6.07 Å². The number of benzene rings is 2. The van der Waals surface area contributed by atoms with Crippen molar-refractivity contribution in [1.29, 1.82) is 0 Å². The van der Waals surface area contributed by atoms with Crippen LogP contribution < -0.4 is 14.6 Å². The summed E-state index contributed by atoms with van der Waals surface area (Å²) in [5, 5.41) is 0. The topological polar surface area (TPSA) is 116 Å². The molecule has 0 bridgehead atoms. The highest BCUT2D eigenvalue weighted by Crippen LogP contribution is 2.26. The number of rotatable bonds is 5. The molecule has 0 radical (unpaired) electrons. The molecule has 7 nitrogen and oxygen atoms in total. The molecule has 0 aliphatic carbocycles. The Labute approximate surface area is 128 Å². The van der Waals surface area contributed by atoms with Crippen LogP contribution >= 0.6 is 0 Å². The summed E-state index contributed by atoms with van der Waals surface area (Å²) in [7, 11) is -7.34. The fourth-order valence-corrected chi connectivity index (χ4v) is 4.86. The Balaban J connectivity index is 2.47. The van der Waals surface area contributed by atoms with E-state index in [0.29, 0.717) is 0 Å². The van der Waals surface area contributed by atoms with Gasteiger partial charge in [0.2, 0.25) is 0 Å². The van der Waals surface area contributed by atoms with E-state index < -0.39 is 20.0 Å². The van der Waals surface area contributed by atoms with Crippen LogP contribution in [-0.2, 0) is 20.0 Å². The minimum atomic E-state index is -4.37. The molecule has 0 aromatic heterocycles. The third-order valence-electron chi connectivity index (χ3n) is 2.75. The Kier molecular flexibility index (Phi) is 4.40. The van der Waals surface area contributed by atoms with E-state index in [1.54, 1.807) is 10.2 Å². The Morgan fingerprint density at radius 2 is 1.59 bits per heavy atom. The van der Waals surface area contributed by atoms with E-state index in [1.165, 1.54) is 43.5 Å². The number of methoxy groups -OCH3 is 1. The molecule has 0 atom stereocenters. The largest absolute Gasteiger partial charge is 0.495 e. The molecule has 0 saturated carbocycles. The number of hydrogen-bond donors (Lipinski definition) is 2. The normalized spacial score (nSPS) is 12.0. The van der Waals surface area contributed by atoms with Crippen LogP contribution in [0.15, 0.2) is 58.3 Å². The number of nitrogens with one attached hydrogen (secondary N) is 1. The van der Waals surface area contributed by atoms with Gasteiger partial charge in [-0.3, -0.25) is 0 Å². The highest BCUT2D eigenvalue weighted by Gasteiger charge is 2.27. The number of anilines is 1. The maximum Gasteiger partial charge on any atom is 0.257 e. The van der Waals surface area contributed by atoms with Gasteiger partial charge in [-0.1, -0.05) is 18.2 Å². The fraction of sp³-hybridized carbons (Fsp3) is 0.0769. The van der Waals surface area contributed by atoms with E-state index in [2.05, 4.69) is 0 Å². The van der Waals surface area contributed by atoms with Crippen LogP contribution in [0.2, 0.25) is 0 Å². The molecule has 0 fully saturated rings. The number of ether oxygens (including phenoxy) is 1. The van der Waals surface area contributed by atoms with Gasteiger partial charge >= 0.3 is 0 Å². The minimum absolute atomic E-state index is 0.00929. The van der Waals surface area contributed by atoms with Crippen molar-refractivity contribution in [3.63, 3.8) is 0 Å². The number of nitrogen functional groups attached to an aromatic ring is 1. The maximum atomic E-state index is 12.3. The molecule has 0 aliphatic heterocycles. The lowest BCUT2D eigenvalue weighted by molar-refractivity contribution is 0.402. The van der Waals surface area contributed by atoms with Gasteiger partial charge in [0.05, 0.1) is 12.0 Å². The SMILES string of the molecule is COc1ccc(N)cc1S(=O)(=O)NS(=O)(=O)c1ccccc1. The molecule has 2 aromatic carbocycles. The first kappa shape index (κ1) is 16.3. The van der Waals surface area contributed by atoms with Crippen molar-refractivity contribution in [2.75, 3.05) is 12.8 Å². The fourth-order valence-electron chi connectivity index (χ4n) is 1.74. The third kappa shape index (κ3) is 3.38. The molecular formula is C13H14N2O5S2. The van der Waals surface area contributed by atoms with E-state index in [-0.39, 0.29) is 21.2 Å². The lowest BCUT2D eigenvalue weighted by atomic mass is 10.3. The summed E-state index contributed by atoms with van der Waals surface area (Å²) in [6, 6.07) is 11.1. The predicted molar refractivity (Wildman–Crippen MR) is 81.4 cm³/mol. The van der Waals surface area contributed by atoms with Gasteiger partial charge in [-0.25, -0.2) is 16.8 Å². The van der Waals surface area contributed by atoms with Crippen molar-refractivity contribution in [3.05, 3.63) is 48.5 Å². The van der Waals surface area contributed by atoms with Crippen molar-refractivity contribution in [2.45, 2.75) is 9.79 Å². The third-order valence-corrected chi connectivity index (χ3v) is 6.30. The molecule has 0 saturated heterocycles. The van der Waals surface area contributed by atoms with E-state index >= 15 is 0 Å². The minimum Gasteiger partial charge on any atom is -0.495 e. The van der Waals surface area contributed by atoms with Crippen LogP contribution in [0.4, 0.5) is 5.69 Å². The molecule has 0 spiro atoms. The monoisotopic (exact) mass is 342 g/mol. The zero-order valence-corrected chi connectivity index (χ0v) is 13.2. The van der Waals surface area contributed by atoms with E-state index in [9.17, 15) is 16.8 Å². The van der Waals surface area contributed by atoms with Crippen LogP contribution in [0.1, 0.15) is 0 Å². The van der Waals surface area contributed by atoms with Gasteiger partial charge in [-0.2, -0.15) is 0 Å². The van der Waals surface area contributed by atoms with Crippen LogP contribution in [0.5, 0.6) is 5.75 Å². The molecule has 2 rings (SSSR count). The summed E-state index contributed by atoms with van der Waals surface area (Å²) in [4.78, 5) is -0.518. The highest BCUT2D eigenvalue weighted by molar-refractivity contribution is 8.04. The smallest absolute Gasteiger partial charge is 0.257 e. The first-order valence-electron chi connectivity index (χ1n) is 6.03. The van der Waals surface area contributed by atoms with Crippen molar-refractivity contribution in [3.8, 4) is 5.75 Å². The summed E-state index contributed by atoms with van der Waals surface area (Å²) in [5.41, 5.74) is 5.72.